The summed E-state index contributed by atoms with van der Waals surface area (Å²) >= 11 is 0. The Morgan fingerprint density at radius 1 is 1.64 bits per heavy atom. The second kappa shape index (κ2) is 3.37. The fourth-order valence-electron chi connectivity index (χ4n) is 1.82. The first-order chi connectivity index (χ1) is 5.23. The van der Waals surface area contributed by atoms with E-state index in [9.17, 15) is 5.11 Å². The molecule has 2 heteroatoms. The van der Waals surface area contributed by atoms with Gasteiger partial charge < -0.3 is 10.4 Å². The summed E-state index contributed by atoms with van der Waals surface area (Å²) in [7, 11) is 1.89. The first-order valence-electron chi connectivity index (χ1n) is 4.26. The van der Waals surface area contributed by atoms with Crippen molar-refractivity contribution in [1.29, 1.82) is 0 Å². The average molecular weight is 155 g/mol. The van der Waals surface area contributed by atoms with E-state index in [0.29, 0.717) is 0 Å². The molecule has 2 unspecified atom stereocenters. The van der Waals surface area contributed by atoms with Gasteiger partial charge in [0.2, 0.25) is 0 Å². The molecule has 64 valence electrons. The molecular formula is C9H17NO. The van der Waals surface area contributed by atoms with Crippen LogP contribution in [0.25, 0.3) is 0 Å². The van der Waals surface area contributed by atoms with Crippen molar-refractivity contribution in [1.82, 2.24) is 5.32 Å². The van der Waals surface area contributed by atoms with E-state index in [1.165, 1.54) is 6.42 Å². The van der Waals surface area contributed by atoms with Gasteiger partial charge in [-0.15, -0.1) is 6.58 Å². The molecule has 2 atom stereocenters. The van der Waals surface area contributed by atoms with Crippen LogP contribution in [0.1, 0.15) is 25.7 Å². The Kier molecular flexibility index (Phi) is 2.68. The second-order valence-corrected chi connectivity index (χ2v) is 3.28. The molecule has 0 aromatic heterocycles. The lowest BCUT2D eigenvalue weighted by Gasteiger charge is -2.37. The molecule has 0 spiro atoms. The van der Waals surface area contributed by atoms with E-state index >= 15 is 0 Å². The van der Waals surface area contributed by atoms with Gasteiger partial charge in [0.1, 0.15) is 0 Å². The number of nitrogens with one attached hydrogen (secondary N) is 1. The third kappa shape index (κ3) is 1.63. The predicted molar refractivity (Wildman–Crippen MR) is 46.5 cm³/mol. The van der Waals surface area contributed by atoms with Gasteiger partial charge in [0, 0.05) is 6.04 Å². The van der Waals surface area contributed by atoms with Crippen molar-refractivity contribution in [3.8, 4) is 0 Å². The van der Waals surface area contributed by atoms with Crippen molar-refractivity contribution in [3.05, 3.63) is 12.7 Å². The molecule has 1 saturated carbocycles. The largest absolute Gasteiger partial charge is 0.384 e. The molecule has 0 saturated heterocycles. The highest BCUT2D eigenvalue weighted by molar-refractivity contribution is 5.05. The van der Waals surface area contributed by atoms with E-state index in [1.54, 1.807) is 6.08 Å². The summed E-state index contributed by atoms with van der Waals surface area (Å²) < 4.78 is 0. The van der Waals surface area contributed by atoms with Crippen molar-refractivity contribution in [3.63, 3.8) is 0 Å². The minimum Gasteiger partial charge on any atom is -0.384 e. The summed E-state index contributed by atoms with van der Waals surface area (Å²) in [5.41, 5.74) is -0.660. The van der Waals surface area contributed by atoms with Crippen LogP contribution in [-0.2, 0) is 0 Å². The number of aliphatic hydroxyl groups is 1. The molecule has 0 aromatic carbocycles. The van der Waals surface area contributed by atoms with Gasteiger partial charge in [-0.3, -0.25) is 0 Å². The molecule has 0 heterocycles. The van der Waals surface area contributed by atoms with Gasteiger partial charge in [-0.1, -0.05) is 18.9 Å². The van der Waals surface area contributed by atoms with Crippen LogP contribution in [-0.4, -0.2) is 23.8 Å². The third-order valence-electron chi connectivity index (χ3n) is 2.63. The highest BCUT2D eigenvalue weighted by Crippen LogP contribution is 2.28. The van der Waals surface area contributed by atoms with Gasteiger partial charge in [-0.2, -0.15) is 0 Å². The highest BCUT2D eigenvalue weighted by Gasteiger charge is 2.34. The van der Waals surface area contributed by atoms with E-state index in [4.69, 9.17) is 0 Å². The monoisotopic (exact) mass is 155 g/mol. The van der Waals surface area contributed by atoms with Crippen LogP contribution in [0.5, 0.6) is 0 Å². The standard InChI is InChI=1S/C9H17NO/c1-3-9(11)7-5-4-6-8(9)10-2/h3,8,10-11H,1,4-7H2,2H3. The molecule has 0 radical (unpaired) electrons. The van der Waals surface area contributed by atoms with Crippen LogP contribution in [0.2, 0.25) is 0 Å². The van der Waals surface area contributed by atoms with Crippen molar-refractivity contribution >= 4 is 0 Å². The number of hydrogen-bond donors (Lipinski definition) is 2. The minimum absolute atomic E-state index is 0.203. The van der Waals surface area contributed by atoms with E-state index < -0.39 is 5.60 Å². The Bertz CT molecular complexity index is 146. The lowest BCUT2D eigenvalue weighted by Crippen LogP contribution is -2.50. The molecular weight excluding hydrogens is 138 g/mol. The fourth-order valence-corrected chi connectivity index (χ4v) is 1.82. The molecule has 1 rings (SSSR count). The minimum atomic E-state index is -0.660. The van der Waals surface area contributed by atoms with Crippen molar-refractivity contribution in [2.24, 2.45) is 0 Å². The van der Waals surface area contributed by atoms with E-state index in [-0.39, 0.29) is 6.04 Å². The SMILES string of the molecule is C=CC1(O)CCCCC1NC. The normalized spacial score (nSPS) is 38.5. The maximum Gasteiger partial charge on any atom is 0.0977 e. The van der Waals surface area contributed by atoms with E-state index in [1.807, 2.05) is 7.05 Å². The van der Waals surface area contributed by atoms with Crippen LogP contribution >= 0.6 is 0 Å². The van der Waals surface area contributed by atoms with Crippen LogP contribution in [0.3, 0.4) is 0 Å². The zero-order chi connectivity index (χ0) is 8.32. The van der Waals surface area contributed by atoms with Gasteiger partial charge in [0.15, 0.2) is 0 Å². The van der Waals surface area contributed by atoms with Crippen molar-refractivity contribution in [2.75, 3.05) is 7.05 Å². The second-order valence-electron chi connectivity index (χ2n) is 3.28. The summed E-state index contributed by atoms with van der Waals surface area (Å²) in [6.07, 6.45) is 5.90. The smallest absolute Gasteiger partial charge is 0.0977 e. The Morgan fingerprint density at radius 2 is 2.36 bits per heavy atom. The van der Waals surface area contributed by atoms with Gasteiger partial charge in [0.25, 0.3) is 0 Å². The zero-order valence-corrected chi connectivity index (χ0v) is 7.14. The van der Waals surface area contributed by atoms with Crippen molar-refractivity contribution in [2.45, 2.75) is 37.3 Å². The van der Waals surface area contributed by atoms with E-state index in [0.717, 1.165) is 19.3 Å². The quantitative estimate of drug-likeness (QED) is 0.584. The molecule has 1 aliphatic rings. The fraction of sp³-hybridized carbons (Fsp3) is 0.778. The highest BCUT2D eigenvalue weighted by atomic mass is 16.3. The molecule has 0 aliphatic heterocycles. The Labute approximate surface area is 68.3 Å². The summed E-state index contributed by atoms with van der Waals surface area (Å²) in [6.45, 7) is 3.66. The van der Waals surface area contributed by atoms with Gasteiger partial charge in [-0.05, 0) is 19.9 Å². The number of hydrogen-bond acceptors (Lipinski definition) is 2. The number of likely N-dealkylation sites (N-methyl/N-ethyl adjacent to an activating group) is 1. The topological polar surface area (TPSA) is 32.3 Å². The maximum atomic E-state index is 9.96. The van der Waals surface area contributed by atoms with Crippen LogP contribution in [0, 0.1) is 0 Å². The van der Waals surface area contributed by atoms with Crippen LogP contribution in [0.4, 0.5) is 0 Å². The first kappa shape index (κ1) is 8.75. The summed E-state index contributed by atoms with van der Waals surface area (Å²) in [5.74, 6) is 0. The Balaban J connectivity index is 2.64. The molecule has 0 aromatic rings. The Morgan fingerprint density at radius 3 is 2.82 bits per heavy atom. The molecule has 0 amide bonds. The number of rotatable bonds is 2. The molecule has 2 nitrogen and oxygen atoms in total. The summed E-state index contributed by atoms with van der Waals surface area (Å²) in [5, 5.41) is 13.1. The summed E-state index contributed by atoms with van der Waals surface area (Å²) in [4.78, 5) is 0. The predicted octanol–water partition coefficient (Wildman–Crippen LogP) is 1.07. The Hall–Kier alpha value is -0.340. The van der Waals surface area contributed by atoms with Gasteiger partial charge in [0.05, 0.1) is 5.60 Å². The third-order valence-corrected chi connectivity index (χ3v) is 2.63. The van der Waals surface area contributed by atoms with E-state index in [2.05, 4.69) is 11.9 Å². The van der Waals surface area contributed by atoms with Gasteiger partial charge in [-0.25, -0.2) is 0 Å². The summed E-state index contributed by atoms with van der Waals surface area (Å²) in [6, 6.07) is 0.203. The maximum absolute atomic E-state index is 9.96. The lowest BCUT2D eigenvalue weighted by molar-refractivity contribution is 0.0203. The molecule has 11 heavy (non-hydrogen) atoms. The molecule has 2 N–H and O–H groups in total. The molecule has 1 aliphatic carbocycles. The lowest BCUT2D eigenvalue weighted by atomic mass is 9.80. The van der Waals surface area contributed by atoms with Crippen molar-refractivity contribution < 1.29 is 5.11 Å². The average Bonchev–Trinajstić information content (AvgIpc) is 2.05. The molecule has 0 bridgehead atoms. The first-order valence-corrected chi connectivity index (χ1v) is 4.26. The molecule has 1 fully saturated rings. The van der Waals surface area contributed by atoms with Crippen LogP contribution < -0.4 is 5.32 Å². The zero-order valence-electron chi connectivity index (χ0n) is 7.14. The van der Waals surface area contributed by atoms with Gasteiger partial charge >= 0.3 is 0 Å². The van der Waals surface area contributed by atoms with Crippen LogP contribution in [0.15, 0.2) is 12.7 Å².